The number of imide groups is 1. The number of amides is 2. The third kappa shape index (κ3) is 3.08. The number of fused-ring (bicyclic) bond motifs is 1. The van der Waals surface area contributed by atoms with Gasteiger partial charge in [-0.3, -0.25) is 14.5 Å². The Kier molecular flexibility index (Phi) is 4.67. The zero-order valence-electron chi connectivity index (χ0n) is 15.2. The molecule has 2 amide bonds. The number of carbonyl (C=O) groups is 2. The van der Waals surface area contributed by atoms with E-state index in [1.54, 1.807) is 13.0 Å². The summed E-state index contributed by atoms with van der Waals surface area (Å²) in [5, 5.41) is 0.376. The molecule has 0 unspecified atom stereocenters. The minimum Gasteiger partial charge on any atom is -0.369 e. The van der Waals surface area contributed by atoms with Gasteiger partial charge in [-0.2, -0.15) is 0 Å². The van der Waals surface area contributed by atoms with E-state index in [9.17, 15) is 9.59 Å². The molecule has 3 rings (SSSR count). The number of nitrogens with zero attached hydrogens (tertiary/aromatic N) is 2. The number of hydrogen-bond acceptors (Lipinski definition) is 4. The number of likely N-dealkylation sites (N-methyl/N-ethyl adjacent to an activating group) is 1. The molecule has 6 heteroatoms. The Morgan fingerprint density at radius 1 is 1.36 bits per heavy atom. The second kappa shape index (κ2) is 6.36. The van der Waals surface area contributed by atoms with Gasteiger partial charge in [0.05, 0.1) is 4.91 Å². The largest absolute Gasteiger partial charge is 0.369 e. The van der Waals surface area contributed by atoms with E-state index in [2.05, 4.69) is 38.8 Å². The van der Waals surface area contributed by atoms with Crippen LogP contribution < -0.4 is 4.90 Å². The smallest absolute Gasteiger partial charge is 0.293 e. The van der Waals surface area contributed by atoms with Gasteiger partial charge in [-0.1, -0.05) is 18.5 Å². The molecule has 25 heavy (non-hydrogen) atoms. The van der Waals surface area contributed by atoms with Crippen LogP contribution in [-0.2, 0) is 4.79 Å². The van der Waals surface area contributed by atoms with Crippen LogP contribution in [0.15, 0.2) is 17.0 Å². The summed E-state index contributed by atoms with van der Waals surface area (Å²) in [6.45, 7) is 8.86. The minimum atomic E-state index is -0.238. The van der Waals surface area contributed by atoms with E-state index in [0.29, 0.717) is 22.4 Å². The highest BCUT2D eigenvalue weighted by molar-refractivity contribution is 8.18. The fourth-order valence-corrected chi connectivity index (χ4v) is 4.74. The third-order valence-electron chi connectivity index (χ3n) is 5.23. The molecule has 0 aromatic heterocycles. The first-order valence-corrected chi connectivity index (χ1v) is 9.67. The lowest BCUT2D eigenvalue weighted by atomic mass is 9.80. The van der Waals surface area contributed by atoms with Crippen LogP contribution in [0.25, 0.3) is 6.08 Å². The van der Waals surface area contributed by atoms with Crippen molar-refractivity contribution in [3.8, 4) is 0 Å². The Hall–Kier alpha value is -1.46. The number of thioether (sulfide) groups is 1. The number of hydrogen-bond donors (Lipinski definition) is 0. The van der Waals surface area contributed by atoms with E-state index in [1.807, 2.05) is 6.07 Å². The molecule has 1 aromatic rings. The highest BCUT2D eigenvalue weighted by Crippen LogP contribution is 2.45. The van der Waals surface area contributed by atoms with E-state index < -0.39 is 0 Å². The first-order valence-electron chi connectivity index (χ1n) is 8.48. The molecule has 0 radical (unpaired) electrons. The second-order valence-corrected chi connectivity index (χ2v) is 8.74. The van der Waals surface area contributed by atoms with E-state index in [0.717, 1.165) is 29.4 Å². The molecule has 2 heterocycles. The van der Waals surface area contributed by atoms with Crippen LogP contribution in [0.4, 0.5) is 10.5 Å². The van der Waals surface area contributed by atoms with Crippen molar-refractivity contribution in [1.29, 1.82) is 0 Å². The van der Waals surface area contributed by atoms with E-state index in [1.165, 1.54) is 10.5 Å². The van der Waals surface area contributed by atoms with Crippen molar-refractivity contribution in [2.75, 3.05) is 18.5 Å². The standard InChI is InChI=1S/C19H23ClN2O2S/c1-6-22-17(23)16(25-18(22)24)8-12-7-13-11(2)10-19(3,4)21(5)15(13)9-14(12)20/h7-9,11H,6,10H2,1-5H3/b16-8-/t11-/m0/s1. The van der Waals surface area contributed by atoms with Gasteiger partial charge in [-0.25, -0.2) is 0 Å². The van der Waals surface area contributed by atoms with Crippen molar-refractivity contribution >= 4 is 46.3 Å². The molecule has 1 aromatic carbocycles. The van der Waals surface area contributed by atoms with Gasteiger partial charge in [0, 0.05) is 29.8 Å². The van der Waals surface area contributed by atoms with Crippen molar-refractivity contribution in [3.05, 3.63) is 33.2 Å². The van der Waals surface area contributed by atoms with Crippen molar-refractivity contribution in [1.82, 2.24) is 4.90 Å². The Morgan fingerprint density at radius 3 is 2.64 bits per heavy atom. The van der Waals surface area contributed by atoms with Crippen LogP contribution in [-0.4, -0.2) is 35.2 Å². The number of carbonyl (C=O) groups excluding carboxylic acids is 2. The average Bonchev–Trinajstić information content (AvgIpc) is 2.79. The fraction of sp³-hybridized carbons (Fsp3) is 0.474. The summed E-state index contributed by atoms with van der Waals surface area (Å²) in [5.74, 6) is 0.161. The van der Waals surface area contributed by atoms with E-state index in [-0.39, 0.29) is 16.7 Å². The molecule has 1 saturated heterocycles. The monoisotopic (exact) mass is 378 g/mol. The van der Waals surface area contributed by atoms with E-state index in [4.69, 9.17) is 11.6 Å². The molecular weight excluding hydrogens is 356 g/mol. The van der Waals surface area contributed by atoms with Gasteiger partial charge in [-0.15, -0.1) is 0 Å². The van der Waals surface area contributed by atoms with Gasteiger partial charge >= 0.3 is 0 Å². The van der Waals surface area contributed by atoms with Gasteiger partial charge in [-0.05, 0) is 74.2 Å². The van der Waals surface area contributed by atoms with Crippen molar-refractivity contribution < 1.29 is 9.59 Å². The number of halogens is 1. The molecule has 2 aliphatic heterocycles. The van der Waals surface area contributed by atoms with Gasteiger partial charge in [0.15, 0.2) is 0 Å². The molecule has 4 nitrogen and oxygen atoms in total. The number of benzene rings is 1. The molecule has 1 atom stereocenters. The SMILES string of the molecule is CCN1C(=O)S/C(=C\c2cc3c(cc2Cl)N(C)C(C)(C)C[C@@H]3C)C1=O. The quantitative estimate of drug-likeness (QED) is 0.670. The predicted molar refractivity (Wildman–Crippen MR) is 105 cm³/mol. The van der Waals surface area contributed by atoms with Crippen LogP contribution in [0.1, 0.15) is 51.2 Å². The summed E-state index contributed by atoms with van der Waals surface area (Å²) in [6, 6.07) is 4.04. The van der Waals surface area contributed by atoms with Crippen LogP contribution in [0, 0.1) is 0 Å². The normalized spacial score (nSPS) is 24.2. The highest BCUT2D eigenvalue weighted by Gasteiger charge is 2.36. The summed E-state index contributed by atoms with van der Waals surface area (Å²) in [4.78, 5) is 28.2. The summed E-state index contributed by atoms with van der Waals surface area (Å²) in [5.41, 5.74) is 3.22. The maximum absolute atomic E-state index is 12.3. The molecular formula is C19H23ClN2O2S. The predicted octanol–water partition coefficient (Wildman–Crippen LogP) is 5.12. The average molecular weight is 379 g/mol. The molecule has 2 aliphatic rings. The lowest BCUT2D eigenvalue weighted by molar-refractivity contribution is -0.122. The molecule has 0 aliphatic carbocycles. The van der Waals surface area contributed by atoms with Gasteiger partial charge < -0.3 is 4.90 Å². The van der Waals surface area contributed by atoms with Gasteiger partial charge in [0.25, 0.3) is 11.1 Å². The molecule has 1 fully saturated rings. The number of anilines is 1. The molecule has 0 bridgehead atoms. The Balaban J connectivity index is 2.04. The molecule has 0 N–H and O–H groups in total. The maximum atomic E-state index is 12.3. The van der Waals surface area contributed by atoms with Crippen LogP contribution in [0.5, 0.6) is 0 Å². The minimum absolute atomic E-state index is 0.0705. The second-order valence-electron chi connectivity index (χ2n) is 7.34. The van der Waals surface area contributed by atoms with Crippen LogP contribution in [0.2, 0.25) is 5.02 Å². The Labute approximate surface area is 158 Å². The topological polar surface area (TPSA) is 40.6 Å². The Morgan fingerprint density at radius 2 is 2.04 bits per heavy atom. The fourth-order valence-electron chi connectivity index (χ4n) is 3.63. The maximum Gasteiger partial charge on any atom is 0.293 e. The Bertz CT molecular complexity index is 788. The summed E-state index contributed by atoms with van der Waals surface area (Å²) >= 11 is 7.49. The van der Waals surface area contributed by atoms with E-state index >= 15 is 0 Å². The summed E-state index contributed by atoms with van der Waals surface area (Å²) in [6.07, 6.45) is 2.79. The van der Waals surface area contributed by atoms with Crippen molar-refractivity contribution in [2.45, 2.75) is 45.6 Å². The molecule has 0 saturated carbocycles. The third-order valence-corrected chi connectivity index (χ3v) is 6.46. The first-order chi connectivity index (χ1) is 11.7. The van der Waals surface area contributed by atoms with Gasteiger partial charge in [0.1, 0.15) is 0 Å². The zero-order valence-corrected chi connectivity index (χ0v) is 16.8. The molecule has 134 valence electrons. The lowest BCUT2D eigenvalue weighted by Crippen LogP contribution is -2.45. The van der Waals surface area contributed by atoms with Crippen molar-refractivity contribution in [3.63, 3.8) is 0 Å². The van der Waals surface area contributed by atoms with Crippen molar-refractivity contribution in [2.24, 2.45) is 0 Å². The summed E-state index contributed by atoms with van der Waals surface area (Å²) in [7, 11) is 2.09. The highest BCUT2D eigenvalue weighted by atomic mass is 35.5. The zero-order chi connectivity index (χ0) is 18.5. The summed E-state index contributed by atoms with van der Waals surface area (Å²) < 4.78 is 0. The van der Waals surface area contributed by atoms with Crippen LogP contribution >= 0.6 is 23.4 Å². The lowest BCUT2D eigenvalue weighted by Gasteiger charge is -2.45. The number of rotatable bonds is 2. The van der Waals surface area contributed by atoms with Crippen LogP contribution in [0.3, 0.4) is 0 Å². The first kappa shape index (κ1) is 18.3. The molecule has 0 spiro atoms. The van der Waals surface area contributed by atoms with Gasteiger partial charge in [0.2, 0.25) is 0 Å².